The first-order valence-corrected chi connectivity index (χ1v) is 13.4. The molecule has 6 bridgehead atoms. The van der Waals surface area contributed by atoms with E-state index in [1.54, 1.807) is 18.2 Å². The van der Waals surface area contributed by atoms with E-state index in [9.17, 15) is 9.59 Å². The van der Waals surface area contributed by atoms with Crippen LogP contribution >= 0.6 is 0 Å². The highest BCUT2D eigenvalue weighted by Gasteiger charge is 2.35. The number of ether oxygens (including phenoxy) is 3. The van der Waals surface area contributed by atoms with E-state index in [1.165, 1.54) is 4.90 Å². The molecule has 0 aliphatic carbocycles. The third kappa shape index (κ3) is 5.87. The van der Waals surface area contributed by atoms with E-state index < -0.39 is 5.60 Å². The third-order valence-corrected chi connectivity index (χ3v) is 6.72. The molecule has 204 valence electrons. The van der Waals surface area contributed by atoms with Crippen molar-refractivity contribution in [3.05, 3.63) is 53.1 Å². The lowest BCUT2D eigenvalue weighted by molar-refractivity contribution is -0.129. The zero-order chi connectivity index (χ0) is 27.4. The molecule has 6 rings (SSSR count). The molecule has 3 N–H and O–H groups in total. The van der Waals surface area contributed by atoms with E-state index in [4.69, 9.17) is 19.9 Å². The van der Waals surface area contributed by atoms with Crippen LogP contribution in [0.2, 0.25) is 0 Å². The van der Waals surface area contributed by atoms with Crippen molar-refractivity contribution < 1.29 is 23.8 Å². The zero-order valence-electron chi connectivity index (χ0n) is 22.9. The summed E-state index contributed by atoms with van der Waals surface area (Å²) in [6.07, 6.45) is 1.40. The lowest BCUT2D eigenvalue weighted by Gasteiger charge is -2.38. The van der Waals surface area contributed by atoms with Gasteiger partial charge in [0.15, 0.2) is 5.96 Å². The molecule has 4 aliphatic rings. The quantitative estimate of drug-likeness (QED) is 0.606. The molecule has 2 aromatic carbocycles. The first kappa shape index (κ1) is 27.3. The molecule has 2 amide bonds. The Morgan fingerprint density at radius 2 is 1.97 bits per heavy atom. The monoisotopic (exact) mass is 522 g/mol. The summed E-state index contributed by atoms with van der Waals surface area (Å²) >= 11 is 0. The Bertz CT molecular complexity index is 1230. The number of hydrogen-bond donors (Lipinski definition) is 2. The molecule has 4 heterocycles. The van der Waals surface area contributed by atoms with Gasteiger partial charge in [0.05, 0.1) is 31.8 Å². The van der Waals surface area contributed by atoms with Gasteiger partial charge in [0.1, 0.15) is 22.8 Å². The average molecular weight is 523 g/mol. The lowest BCUT2D eigenvalue weighted by Crippen LogP contribution is -2.47. The Labute approximate surface area is 224 Å². The number of guanidine groups is 1. The molecule has 2 unspecified atom stereocenters. The van der Waals surface area contributed by atoms with Crippen LogP contribution in [0.3, 0.4) is 0 Å². The number of nitrogens with two attached hydrogens (primary N) is 1. The minimum Gasteiger partial charge on any atom is -0.494 e. The summed E-state index contributed by atoms with van der Waals surface area (Å²) in [7, 11) is 0. The number of amides is 2. The second-order valence-corrected chi connectivity index (χ2v) is 10.0. The summed E-state index contributed by atoms with van der Waals surface area (Å²) in [6, 6.07) is 10.4. The van der Waals surface area contributed by atoms with E-state index in [0.717, 1.165) is 11.3 Å². The van der Waals surface area contributed by atoms with Crippen molar-refractivity contribution in [1.82, 2.24) is 10.2 Å². The molecule has 0 saturated heterocycles. The minimum absolute atomic E-state index is 0.119. The van der Waals surface area contributed by atoms with Crippen molar-refractivity contribution in [2.45, 2.75) is 78.1 Å². The van der Waals surface area contributed by atoms with Gasteiger partial charge in [0.25, 0.3) is 5.91 Å². The van der Waals surface area contributed by atoms with Gasteiger partial charge < -0.3 is 25.3 Å². The third-order valence-electron chi connectivity index (χ3n) is 6.72. The highest BCUT2D eigenvalue weighted by molar-refractivity contribution is 5.99. The maximum Gasteiger partial charge on any atom is 0.251 e. The molecule has 0 fully saturated rings. The van der Waals surface area contributed by atoms with Crippen molar-refractivity contribution >= 4 is 17.8 Å². The highest BCUT2D eigenvalue weighted by atomic mass is 16.5. The van der Waals surface area contributed by atoms with Crippen LogP contribution in [0.5, 0.6) is 17.2 Å². The van der Waals surface area contributed by atoms with E-state index >= 15 is 0 Å². The number of hydrogen-bond acceptors (Lipinski definition) is 7. The molecule has 0 spiro atoms. The number of nitrogens with zero attached hydrogens (tertiary/aromatic N) is 2. The van der Waals surface area contributed by atoms with Gasteiger partial charge in [-0.1, -0.05) is 13.8 Å². The summed E-state index contributed by atoms with van der Waals surface area (Å²) in [5, 5.41) is 3.18. The number of rotatable bonds is 2. The molecular formula is C29H38N4O5. The normalized spacial score (nSPS) is 22.0. The zero-order valence-corrected chi connectivity index (χ0v) is 22.9. The van der Waals surface area contributed by atoms with Gasteiger partial charge in [0, 0.05) is 36.0 Å². The van der Waals surface area contributed by atoms with E-state index in [2.05, 4.69) is 10.3 Å². The van der Waals surface area contributed by atoms with Crippen molar-refractivity contribution in [3.8, 4) is 17.2 Å². The Balaban J connectivity index is 0.00000164. The van der Waals surface area contributed by atoms with Crippen molar-refractivity contribution in [2.75, 3.05) is 13.2 Å². The Hall–Kier alpha value is -3.75. The van der Waals surface area contributed by atoms with Gasteiger partial charge in [-0.3, -0.25) is 14.5 Å². The summed E-state index contributed by atoms with van der Waals surface area (Å²) in [5.74, 6) is 1.81. The molecule has 38 heavy (non-hydrogen) atoms. The van der Waals surface area contributed by atoms with E-state index in [0.29, 0.717) is 48.7 Å². The van der Waals surface area contributed by atoms with Gasteiger partial charge in [0.2, 0.25) is 5.91 Å². The largest absolute Gasteiger partial charge is 0.494 e. The van der Waals surface area contributed by atoms with Crippen molar-refractivity contribution in [3.63, 3.8) is 0 Å². The number of nitrogens with one attached hydrogen (secondary N) is 1. The second-order valence-electron chi connectivity index (χ2n) is 10.0. The van der Waals surface area contributed by atoms with Gasteiger partial charge >= 0.3 is 0 Å². The van der Waals surface area contributed by atoms with E-state index in [1.807, 2.05) is 52.8 Å². The number of carbonyl (C=O) groups excluding carboxylic acids is 2. The standard InChI is InChI=1S/C27H32N4O5.C2H6/c1-4-34-22-7-5-16-11-17(22)15-31-24(32)12-18(29-26(31)28)9-10-35-19-6-8-23-20(13-19)21(30-25(16)33)14-27(2,3)36-23;1-2/h5-8,11,13,18,21H,4,9-10,12,14-15H2,1-3H3,(H2,28,29)(H,30,33);1-2H3. The minimum atomic E-state index is -0.447. The fourth-order valence-electron chi connectivity index (χ4n) is 4.99. The second kappa shape index (κ2) is 11.3. The smallest absolute Gasteiger partial charge is 0.251 e. The van der Waals surface area contributed by atoms with E-state index in [-0.39, 0.29) is 42.8 Å². The average Bonchev–Trinajstić information content (AvgIpc) is 2.87. The number of carbonyl (C=O) groups is 2. The number of benzene rings is 2. The summed E-state index contributed by atoms with van der Waals surface area (Å²) in [5.41, 5.74) is 7.80. The molecule has 2 atom stereocenters. The summed E-state index contributed by atoms with van der Waals surface area (Å²) in [4.78, 5) is 32.4. The Morgan fingerprint density at radius 3 is 2.71 bits per heavy atom. The predicted molar refractivity (Wildman–Crippen MR) is 146 cm³/mol. The van der Waals surface area contributed by atoms with Crippen LogP contribution in [0.15, 0.2) is 41.4 Å². The van der Waals surface area contributed by atoms with Gasteiger partial charge in [-0.15, -0.1) is 0 Å². The molecular weight excluding hydrogens is 484 g/mol. The number of aliphatic imine (C=N–C) groups is 1. The van der Waals surface area contributed by atoms with Crippen molar-refractivity contribution in [1.29, 1.82) is 0 Å². The molecule has 4 aliphatic heterocycles. The fourth-order valence-corrected chi connectivity index (χ4v) is 4.99. The molecule has 0 aromatic heterocycles. The first-order valence-electron chi connectivity index (χ1n) is 13.4. The van der Waals surface area contributed by atoms with Crippen LogP contribution < -0.4 is 25.3 Å². The van der Waals surface area contributed by atoms with Crippen LogP contribution in [-0.2, 0) is 11.3 Å². The topological polar surface area (TPSA) is 115 Å². The lowest BCUT2D eigenvalue weighted by atomic mass is 9.89. The van der Waals surface area contributed by atoms with Gasteiger partial charge in [-0.05, 0) is 57.2 Å². The molecule has 9 nitrogen and oxygen atoms in total. The number of fused-ring (bicyclic) bond motifs is 4. The van der Waals surface area contributed by atoms with Crippen LogP contribution in [0.25, 0.3) is 0 Å². The molecule has 0 saturated carbocycles. The van der Waals surface area contributed by atoms with Crippen LogP contribution in [0, 0.1) is 0 Å². The van der Waals surface area contributed by atoms with Crippen LogP contribution in [-0.4, -0.2) is 47.5 Å². The van der Waals surface area contributed by atoms with Crippen molar-refractivity contribution in [2.24, 2.45) is 10.7 Å². The molecule has 0 radical (unpaired) electrons. The maximum absolute atomic E-state index is 13.4. The molecule has 9 heteroatoms. The predicted octanol–water partition coefficient (Wildman–Crippen LogP) is 4.34. The summed E-state index contributed by atoms with van der Waals surface area (Å²) in [6.45, 7) is 10.9. The van der Waals surface area contributed by atoms with Crippen LogP contribution in [0.4, 0.5) is 0 Å². The van der Waals surface area contributed by atoms with Gasteiger partial charge in [-0.25, -0.2) is 4.99 Å². The summed E-state index contributed by atoms with van der Waals surface area (Å²) < 4.78 is 18.0. The first-order chi connectivity index (χ1) is 18.2. The SMILES string of the molecule is CC.CCOc1ccc2cc1CN1C(=O)CC(CCOc3ccc4c(c3)C(CC(C)(C)O4)NC2=O)N=C1N. The van der Waals surface area contributed by atoms with Crippen LogP contribution in [0.1, 0.15) is 81.4 Å². The maximum atomic E-state index is 13.4. The molecule has 2 aromatic rings. The highest BCUT2D eigenvalue weighted by Crippen LogP contribution is 2.41. The Kier molecular flexibility index (Phi) is 8.14. The van der Waals surface area contributed by atoms with Gasteiger partial charge in [-0.2, -0.15) is 0 Å². The fraction of sp³-hybridized carbons (Fsp3) is 0.483. The Morgan fingerprint density at radius 1 is 1.18 bits per heavy atom.